The maximum absolute atomic E-state index is 11.4. The second-order valence-electron chi connectivity index (χ2n) is 4.14. The molecule has 1 atom stereocenters. The van der Waals surface area contributed by atoms with Gasteiger partial charge in [0.15, 0.2) is 11.6 Å². The lowest BCUT2D eigenvalue weighted by atomic mass is 10.1. The highest BCUT2D eigenvalue weighted by Crippen LogP contribution is 2.25. The number of ether oxygens (including phenoxy) is 1. The summed E-state index contributed by atoms with van der Waals surface area (Å²) in [5.41, 5.74) is 1.16. The van der Waals surface area contributed by atoms with E-state index in [2.05, 4.69) is 6.92 Å². The molecule has 1 aromatic rings. The van der Waals surface area contributed by atoms with Crippen molar-refractivity contribution in [3.63, 3.8) is 0 Å². The van der Waals surface area contributed by atoms with Gasteiger partial charge in [0.1, 0.15) is 0 Å². The largest absolute Gasteiger partial charge is 0.373 e. The third kappa shape index (κ3) is 2.04. The molecule has 3 nitrogen and oxygen atoms in total. The summed E-state index contributed by atoms with van der Waals surface area (Å²) in [4.78, 5) is 22.8. The van der Waals surface area contributed by atoms with Crippen LogP contribution in [0.3, 0.4) is 0 Å². The monoisotopic (exact) mass is 218 g/mol. The minimum absolute atomic E-state index is 0.0457. The Bertz CT molecular complexity index is 398. The number of fused-ring (bicyclic) bond motifs is 1. The highest BCUT2D eigenvalue weighted by atomic mass is 16.6. The lowest BCUT2D eigenvalue weighted by Gasteiger charge is -1.92. The molecule has 0 amide bonds. The van der Waals surface area contributed by atoms with Gasteiger partial charge in [-0.2, -0.15) is 0 Å². The van der Waals surface area contributed by atoms with Crippen molar-refractivity contribution in [1.82, 2.24) is 0 Å². The van der Waals surface area contributed by atoms with Crippen LogP contribution < -0.4 is 0 Å². The van der Waals surface area contributed by atoms with E-state index in [1.54, 1.807) is 31.2 Å². The normalized spacial score (nSPS) is 22.5. The molecule has 0 aromatic heterocycles. The quantitative estimate of drug-likeness (QED) is 0.495. The Morgan fingerprint density at radius 2 is 1.44 bits per heavy atom. The van der Waals surface area contributed by atoms with Crippen molar-refractivity contribution in [2.75, 3.05) is 6.61 Å². The molecule has 2 aliphatic rings. The molecule has 16 heavy (non-hydrogen) atoms. The van der Waals surface area contributed by atoms with Crippen molar-refractivity contribution in [2.45, 2.75) is 20.0 Å². The van der Waals surface area contributed by atoms with E-state index >= 15 is 0 Å². The van der Waals surface area contributed by atoms with Crippen molar-refractivity contribution < 1.29 is 14.3 Å². The molecule has 0 saturated carbocycles. The molecular weight excluding hydrogens is 204 g/mol. The van der Waals surface area contributed by atoms with Gasteiger partial charge < -0.3 is 4.74 Å². The van der Waals surface area contributed by atoms with E-state index < -0.39 is 5.92 Å². The summed E-state index contributed by atoms with van der Waals surface area (Å²) in [6.07, 6.45) is 0.583. The number of Topliss-reactive ketones (excluding diaryl/α,β-unsaturated/α-hetero) is 2. The van der Waals surface area contributed by atoms with Crippen LogP contribution in [-0.2, 0) is 4.74 Å². The van der Waals surface area contributed by atoms with E-state index in [0.717, 1.165) is 6.61 Å². The minimum atomic E-state index is -0.470. The summed E-state index contributed by atoms with van der Waals surface area (Å²) in [6, 6.07) is 6.97. The summed E-state index contributed by atoms with van der Waals surface area (Å²) < 4.78 is 4.71. The van der Waals surface area contributed by atoms with Crippen molar-refractivity contribution in [1.29, 1.82) is 0 Å². The van der Waals surface area contributed by atoms with Gasteiger partial charge in [0.25, 0.3) is 0 Å². The molecule has 1 fully saturated rings. The summed E-state index contributed by atoms with van der Waals surface area (Å²) in [5, 5.41) is 0. The number of carbonyl (C=O) groups is 2. The summed E-state index contributed by atoms with van der Waals surface area (Å²) in [6.45, 7) is 4.70. The molecule has 3 heteroatoms. The first-order valence-corrected chi connectivity index (χ1v) is 5.40. The van der Waals surface area contributed by atoms with E-state index in [-0.39, 0.29) is 11.6 Å². The zero-order valence-electron chi connectivity index (χ0n) is 9.40. The number of hydrogen-bond donors (Lipinski definition) is 0. The fourth-order valence-corrected chi connectivity index (χ4v) is 1.59. The molecule has 0 radical (unpaired) electrons. The smallest absolute Gasteiger partial charge is 0.174 e. The molecule has 0 bridgehead atoms. The fourth-order valence-electron chi connectivity index (χ4n) is 1.59. The van der Waals surface area contributed by atoms with Gasteiger partial charge in [-0.15, -0.1) is 0 Å². The fraction of sp³-hybridized carbons (Fsp3) is 0.385. The number of hydrogen-bond acceptors (Lipinski definition) is 3. The van der Waals surface area contributed by atoms with Crippen LogP contribution in [0, 0.1) is 5.92 Å². The van der Waals surface area contributed by atoms with Crippen LogP contribution in [0.25, 0.3) is 0 Å². The lowest BCUT2D eigenvalue weighted by Crippen LogP contribution is -2.09. The Hall–Kier alpha value is -1.48. The first-order chi connectivity index (χ1) is 7.61. The van der Waals surface area contributed by atoms with Crippen molar-refractivity contribution >= 4 is 11.6 Å². The van der Waals surface area contributed by atoms with Crippen LogP contribution in [0.4, 0.5) is 0 Å². The maximum Gasteiger partial charge on any atom is 0.174 e. The van der Waals surface area contributed by atoms with Crippen LogP contribution in [-0.4, -0.2) is 24.3 Å². The van der Waals surface area contributed by atoms with Gasteiger partial charge in [-0.1, -0.05) is 24.3 Å². The second-order valence-corrected chi connectivity index (χ2v) is 4.14. The minimum Gasteiger partial charge on any atom is -0.373 e. The van der Waals surface area contributed by atoms with Crippen LogP contribution >= 0.6 is 0 Å². The van der Waals surface area contributed by atoms with Gasteiger partial charge in [-0.3, -0.25) is 9.59 Å². The third-order valence-corrected chi connectivity index (χ3v) is 2.74. The van der Waals surface area contributed by atoms with E-state index in [9.17, 15) is 9.59 Å². The summed E-state index contributed by atoms with van der Waals surface area (Å²) in [7, 11) is 0. The lowest BCUT2D eigenvalue weighted by molar-refractivity contribution is 0.0852. The Kier molecular flexibility index (Phi) is 2.88. The van der Waals surface area contributed by atoms with Crippen molar-refractivity contribution in [3.8, 4) is 0 Å². The van der Waals surface area contributed by atoms with E-state index in [0.29, 0.717) is 17.2 Å². The Labute approximate surface area is 94.4 Å². The van der Waals surface area contributed by atoms with Crippen molar-refractivity contribution in [3.05, 3.63) is 35.4 Å². The van der Waals surface area contributed by atoms with Gasteiger partial charge in [-0.05, 0) is 13.8 Å². The third-order valence-electron chi connectivity index (χ3n) is 2.74. The molecule has 0 spiro atoms. The van der Waals surface area contributed by atoms with E-state index in [1.165, 1.54) is 0 Å². The maximum atomic E-state index is 11.4. The van der Waals surface area contributed by atoms with E-state index in [4.69, 9.17) is 4.74 Å². The molecule has 84 valence electrons. The number of carbonyl (C=O) groups excluding carboxylic acids is 2. The van der Waals surface area contributed by atoms with Gasteiger partial charge in [0.2, 0.25) is 0 Å². The first-order valence-electron chi connectivity index (χ1n) is 5.40. The molecule has 1 saturated heterocycles. The highest BCUT2D eigenvalue weighted by molar-refractivity contribution is 6.26. The molecule has 1 aliphatic heterocycles. The molecule has 1 aliphatic carbocycles. The molecule has 1 heterocycles. The molecule has 1 unspecified atom stereocenters. The summed E-state index contributed by atoms with van der Waals surface area (Å²) >= 11 is 0. The molecular formula is C13H14O3. The van der Waals surface area contributed by atoms with Crippen LogP contribution in [0.1, 0.15) is 34.6 Å². The average molecular weight is 218 g/mol. The second kappa shape index (κ2) is 4.18. The predicted molar refractivity (Wildman–Crippen MR) is 59.7 cm³/mol. The molecule has 3 rings (SSSR count). The van der Waals surface area contributed by atoms with Crippen LogP contribution in [0.15, 0.2) is 24.3 Å². The van der Waals surface area contributed by atoms with Crippen molar-refractivity contribution in [2.24, 2.45) is 5.92 Å². The summed E-state index contributed by atoms with van der Waals surface area (Å²) in [5.74, 6) is -0.561. The van der Waals surface area contributed by atoms with Gasteiger partial charge in [-0.25, -0.2) is 0 Å². The van der Waals surface area contributed by atoms with Gasteiger partial charge >= 0.3 is 0 Å². The zero-order valence-corrected chi connectivity index (χ0v) is 9.40. The Morgan fingerprint density at radius 1 is 1.06 bits per heavy atom. The van der Waals surface area contributed by atoms with E-state index in [1.807, 2.05) is 0 Å². The average Bonchev–Trinajstić information content (AvgIpc) is 3.05. The SMILES string of the molecule is CC1C(=O)c2ccccc2C1=O.CC1CO1. The number of ketones is 2. The highest BCUT2D eigenvalue weighted by Gasteiger charge is 2.34. The van der Waals surface area contributed by atoms with Gasteiger partial charge in [0, 0.05) is 11.1 Å². The van der Waals surface area contributed by atoms with Crippen LogP contribution in [0.5, 0.6) is 0 Å². The predicted octanol–water partition coefficient (Wildman–Crippen LogP) is 2.11. The number of benzene rings is 1. The Morgan fingerprint density at radius 3 is 1.75 bits per heavy atom. The zero-order chi connectivity index (χ0) is 11.7. The first kappa shape index (κ1) is 11.0. The standard InChI is InChI=1S/C10H8O2.C3H6O/c1-6-9(11)7-4-2-3-5-8(7)10(6)12;1-3-2-4-3/h2-6H,1H3;3H,2H2,1H3. The Balaban J connectivity index is 0.000000203. The molecule has 0 N–H and O–H groups in total. The topological polar surface area (TPSA) is 46.7 Å². The molecule has 1 aromatic carbocycles. The number of rotatable bonds is 0. The van der Waals surface area contributed by atoms with Crippen LogP contribution in [0.2, 0.25) is 0 Å². The van der Waals surface area contributed by atoms with Gasteiger partial charge in [0.05, 0.1) is 18.6 Å². The number of epoxide rings is 1.